The number of benzene rings is 2. The maximum Gasteiger partial charge on any atom is 0.263 e. The SMILES string of the molecule is COc1c(-c2ccc(S(=O)(=O)N3CC(F)(F)C[C@H]3CO)cc2Cl)ccc2[nH]nc(N)c12. The van der Waals surface area contributed by atoms with Crippen LogP contribution in [0.1, 0.15) is 6.42 Å². The Balaban J connectivity index is 1.78. The topological polar surface area (TPSA) is 122 Å². The summed E-state index contributed by atoms with van der Waals surface area (Å²) in [6, 6.07) is 6.19. The summed E-state index contributed by atoms with van der Waals surface area (Å²) < 4.78 is 59.6. The van der Waals surface area contributed by atoms with Crippen molar-refractivity contribution in [1.29, 1.82) is 0 Å². The van der Waals surface area contributed by atoms with Crippen molar-refractivity contribution in [1.82, 2.24) is 14.5 Å². The van der Waals surface area contributed by atoms with E-state index in [9.17, 15) is 22.3 Å². The van der Waals surface area contributed by atoms with E-state index in [1.807, 2.05) is 0 Å². The van der Waals surface area contributed by atoms with Crippen LogP contribution >= 0.6 is 11.6 Å². The molecule has 12 heteroatoms. The number of hydrogen-bond donors (Lipinski definition) is 3. The van der Waals surface area contributed by atoms with Crippen molar-refractivity contribution in [2.24, 2.45) is 0 Å². The van der Waals surface area contributed by atoms with Gasteiger partial charge in [-0.3, -0.25) is 5.10 Å². The van der Waals surface area contributed by atoms with E-state index in [0.717, 1.165) is 0 Å². The van der Waals surface area contributed by atoms with E-state index >= 15 is 0 Å². The molecular formula is C19H19ClF2N4O4S. The minimum Gasteiger partial charge on any atom is -0.495 e. The fourth-order valence-electron chi connectivity index (χ4n) is 3.85. The molecule has 2 heterocycles. The number of nitrogens with two attached hydrogens (primary N) is 1. The number of nitrogens with one attached hydrogen (secondary N) is 1. The molecule has 0 bridgehead atoms. The summed E-state index contributed by atoms with van der Waals surface area (Å²) in [6.45, 7) is -1.70. The lowest BCUT2D eigenvalue weighted by Gasteiger charge is -2.22. The van der Waals surface area contributed by atoms with Gasteiger partial charge < -0.3 is 15.6 Å². The van der Waals surface area contributed by atoms with Gasteiger partial charge in [-0.05, 0) is 24.3 Å². The molecule has 166 valence electrons. The number of ether oxygens (including phenoxy) is 1. The molecule has 4 rings (SSSR count). The van der Waals surface area contributed by atoms with Gasteiger partial charge in [-0.25, -0.2) is 17.2 Å². The molecule has 0 saturated carbocycles. The first-order valence-electron chi connectivity index (χ1n) is 9.20. The third kappa shape index (κ3) is 3.61. The van der Waals surface area contributed by atoms with Crippen LogP contribution in [0.3, 0.4) is 0 Å². The van der Waals surface area contributed by atoms with E-state index in [-0.39, 0.29) is 15.7 Å². The standard InChI is InChI=1S/C19H19ClF2N4O4S/c1-30-17-13(4-5-15-16(17)18(23)25-24-15)12-3-2-11(6-14(12)20)31(28,29)26-9-19(21,22)7-10(26)8-27/h2-6,10,27H,7-9H2,1H3,(H3,23,24,25)/t10-/m0/s1. The number of anilines is 1. The van der Waals surface area contributed by atoms with Crippen LogP contribution in [0.5, 0.6) is 5.75 Å². The molecule has 1 aromatic heterocycles. The van der Waals surface area contributed by atoms with Gasteiger partial charge in [-0.2, -0.15) is 9.40 Å². The van der Waals surface area contributed by atoms with Crippen molar-refractivity contribution in [2.45, 2.75) is 23.3 Å². The number of sulfonamides is 1. The summed E-state index contributed by atoms with van der Waals surface area (Å²) in [4.78, 5) is -0.250. The Morgan fingerprint density at radius 2 is 2.06 bits per heavy atom. The van der Waals surface area contributed by atoms with Crippen LogP contribution in [0.2, 0.25) is 5.02 Å². The Hall–Kier alpha value is -2.47. The molecule has 8 nitrogen and oxygen atoms in total. The number of rotatable bonds is 5. The molecule has 1 atom stereocenters. The zero-order valence-electron chi connectivity index (χ0n) is 16.3. The molecule has 0 aliphatic carbocycles. The first-order valence-corrected chi connectivity index (χ1v) is 11.0. The smallest absolute Gasteiger partial charge is 0.263 e. The number of aromatic nitrogens is 2. The Kier molecular flexibility index (Phi) is 5.32. The molecule has 0 unspecified atom stereocenters. The number of nitrogens with zero attached hydrogens (tertiary/aromatic N) is 2. The molecule has 2 aromatic carbocycles. The predicted molar refractivity (Wildman–Crippen MR) is 112 cm³/mol. The highest BCUT2D eigenvalue weighted by Crippen LogP contribution is 2.42. The van der Waals surface area contributed by atoms with Gasteiger partial charge in [0, 0.05) is 22.6 Å². The molecule has 0 spiro atoms. The van der Waals surface area contributed by atoms with Gasteiger partial charge in [0.25, 0.3) is 5.92 Å². The summed E-state index contributed by atoms with van der Waals surface area (Å²) in [5.74, 6) is -2.58. The Labute approximate surface area is 181 Å². The lowest BCUT2D eigenvalue weighted by Crippen LogP contribution is -2.38. The quantitative estimate of drug-likeness (QED) is 0.525. The molecule has 3 aromatic rings. The Morgan fingerprint density at radius 1 is 1.35 bits per heavy atom. The largest absolute Gasteiger partial charge is 0.495 e. The first-order chi connectivity index (χ1) is 14.6. The van der Waals surface area contributed by atoms with Crippen molar-refractivity contribution in [2.75, 3.05) is 26.0 Å². The molecule has 0 radical (unpaired) electrons. The van der Waals surface area contributed by atoms with E-state index < -0.39 is 41.6 Å². The molecule has 1 aliphatic rings. The van der Waals surface area contributed by atoms with Crippen LogP contribution < -0.4 is 10.5 Å². The van der Waals surface area contributed by atoms with Gasteiger partial charge in [0.05, 0.1) is 42.1 Å². The van der Waals surface area contributed by atoms with Crippen LogP contribution in [-0.4, -0.2) is 60.3 Å². The number of fused-ring (bicyclic) bond motifs is 1. The lowest BCUT2D eigenvalue weighted by molar-refractivity contribution is 0.0161. The van der Waals surface area contributed by atoms with Crippen molar-refractivity contribution in [3.05, 3.63) is 35.4 Å². The normalized spacial score (nSPS) is 19.2. The van der Waals surface area contributed by atoms with Gasteiger partial charge in [0.2, 0.25) is 10.0 Å². The second-order valence-corrected chi connectivity index (χ2v) is 9.56. The fourth-order valence-corrected chi connectivity index (χ4v) is 5.86. The fraction of sp³-hybridized carbons (Fsp3) is 0.316. The van der Waals surface area contributed by atoms with Crippen molar-refractivity contribution in [3.63, 3.8) is 0 Å². The van der Waals surface area contributed by atoms with Gasteiger partial charge in [0.1, 0.15) is 5.75 Å². The van der Waals surface area contributed by atoms with Crippen LogP contribution in [-0.2, 0) is 10.0 Å². The number of H-pyrrole nitrogens is 1. The average Bonchev–Trinajstić information content (AvgIpc) is 3.26. The highest BCUT2D eigenvalue weighted by Gasteiger charge is 2.49. The summed E-state index contributed by atoms with van der Waals surface area (Å²) in [7, 11) is -2.84. The molecule has 0 amide bonds. The summed E-state index contributed by atoms with van der Waals surface area (Å²) in [6.07, 6.45) is -0.738. The third-order valence-corrected chi connectivity index (χ3v) is 7.50. The molecule has 1 fully saturated rings. The predicted octanol–water partition coefficient (Wildman–Crippen LogP) is 2.86. The Bertz CT molecular complexity index is 1270. The van der Waals surface area contributed by atoms with Gasteiger partial charge >= 0.3 is 0 Å². The van der Waals surface area contributed by atoms with Crippen LogP contribution in [0.25, 0.3) is 22.0 Å². The second kappa shape index (κ2) is 7.59. The van der Waals surface area contributed by atoms with Crippen molar-refractivity contribution < 1.29 is 27.0 Å². The zero-order chi connectivity index (χ0) is 22.6. The van der Waals surface area contributed by atoms with Crippen LogP contribution in [0, 0.1) is 0 Å². The number of aliphatic hydroxyl groups is 1. The van der Waals surface area contributed by atoms with Crippen LogP contribution in [0.15, 0.2) is 35.2 Å². The van der Waals surface area contributed by atoms with E-state index in [0.29, 0.717) is 32.1 Å². The van der Waals surface area contributed by atoms with E-state index in [2.05, 4.69) is 10.2 Å². The number of aliphatic hydroxyl groups excluding tert-OH is 1. The second-order valence-electron chi connectivity index (χ2n) is 7.27. The minimum atomic E-state index is -4.30. The highest BCUT2D eigenvalue weighted by molar-refractivity contribution is 7.89. The summed E-state index contributed by atoms with van der Waals surface area (Å²) >= 11 is 6.41. The van der Waals surface area contributed by atoms with Crippen molar-refractivity contribution in [3.8, 4) is 16.9 Å². The monoisotopic (exact) mass is 472 g/mol. The molecular weight excluding hydrogens is 454 g/mol. The molecule has 1 saturated heterocycles. The maximum absolute atomic E-state index is 13.8. The van der Waals surface area contributed by atoms with Crippen LogP contribution in [0.4, 0.5) is 14.6 Å². The third-order valence-electron chi connectivity index (χ3n) is 5.29. The zero-order valence-corrected chi connectivity index (χ0v) is 17.8. The Morgan fingerprint density at radius 3 is 2.71 bits per heavy atom. The number of hydrogen-bond acceptors (Lipinski definition) is 6. The van der Waals surface area contributed by atoms with Gasteiger partial charge in [-0.15, -0.1) is 0 Å². The minimum absolute atomic E-state index is 0.0762. The number of aromatic amines is 1. The van der Waals surface area contributed by atoms with Crippen molar-refractivity contribution >= 4 is 38.3 Å². The maximum atomic E-state index is 13.8. The lowest BCUT2D eigenvalue weighted by atomic mass is 10.0. The number of halogens is 3. The van der Waals surface area contributed by atoms with Gasteiger partial charge in [0.15, 0.2) is 5.82 Å². The number of nitrogen functional groups attached to an aromatic ring is 1. The number of alkyl halides is 2. The summed E-state index contributed by atoms with van der Waals surface area (Å²) in [5.41, 5.74) is 7.58. The van der Waals surface area contributed by atoms with E-state index in [4.69, 9.17) is 22.1 Å². The van der Waals surface area contributed by atoms with Gasteiger partial charge in [-0.1, -0.05) is 17.7 Å². The molecule has 4 N–H and O–H groups in total. The average molecular weight is 473 g/mol. The summed E-state index contributed by atoms with van der Waals surface area (Å²) in [5, 5.41) is 16.7. The van der Waals surface area contributed by atoms with E-state index in [1.165, 1.54) is 25.3 Å². The first kappa shape index (κ1) is 21.8. The van der Waals surface area contributed by atoms with E-state index in [1.54, 1.807) is 12.1 Å². The molecule has 31 heavy (non-hydrogen) atoms. The molecule has 1 aliphatic heterocycles. The highest BCUT2D eigenvalue weighted by atomic mass is 35.5. The number of methoxy groups -OCH3 is 1.